The van der Waals surface area contributed by atoms with E-state index in [9.17, 15) is 4.39 Å². The average molecular weight is 2170 g/mol. The van der Waals surface area contributed by atoms with Crippen LogP contribution in [0.4, 0.5) is 4.39 Å². The van der Waals surface area contributed by atoms with E-state index in [1.165, 1.54) is 76.9 Å². The van der Waals surface area contributed by atoms with E-state index in [0.717, 1.165) is 127 Å². The molecular weight excluding hydrogens is 2060 g/mol. The van der Waals surface area contributed by atoms with Crippen LogP contribution in [0.25, 0.3) is 176 Å². The van der Waals surface area contributed by atoms with Crippen LogP contribution in [-0.4, -0.2) is 55.6 Å². The molecule has 0 aliphatic rings. The van der Waals surface area contributed by atoms with E-state index >= 15 is 0 Å². The van der Waals surface area contributed by atoms with E-state index in [-0.39, 0.29) is 51.6 Å². The van der Waals surface area contributed by atoms with Crippen molar-refractivity contribution in [3.05, 3.63) is 348 Å². The molecule has 6 aromatic heterocycles. The van der Waals surface area contributed by atoms with Crippen molar-refractivity contribution in [3.8, 4) is 56.7 Å². The Hall–Kier alpha value is -11.2. The van der Waals surface area contributed by atoms with Crippen LogP contribution in [0, 0.1) is 62.1 Å². The van der Waals surface area contributed by atoms with Gasteiger partial charge in [0.05, 0.1) is 44.9 Å². The third-order valence-corrected chi connectivity index (χ3v) is 32.7. The Morgan fingerprint density at radius 3 is 1.55 bits per heavy atom. The summed E-state index contributed by atoms with van der Waals surface area (Å²) in [5, 5.41) is 16.5. The predicted molar refractivity (Wildman–Crippen MR) is 540 cm³/mol. The summed E-state index contributed by atoms with van der Waals surface area (Å²) in [5.74, 6) is 16.6. The number of nitrogens with zero attached hydrogens (tertiary/aromatic N) is 6. The number of fused-ring (bicyclic) bond motifs is 16. The number of hydrogen-bond acceptors (Lipinski definition) is 6. The molecule has 650 valence electrons. The zero-order valence-electron chi connectivity index (χ0n) is 81.0. The molecule has 0 fully saturated rings. The maximum Gasteiger partial charge on any atom is 0 e. The van der Waals surface area contributed by atoms with Crippen LogP contribution >= 0.6 is 0 Å². The molecule has 21 aromatic rings. The third-order valence-electron chi connectivity index (χ3n) is 24.1. The van der Waals surface area contributed by atoms with Crippen LogP contribution in [0.1, 0.15) is 120 Å². The fourth-order valence-corrected chi connectivity index (χ4v) is 24.7. The van der Waals surface area contributed by atoms with E-state index < -0.39 is 45.2 Å². The Bertz CT molecular complexity index is 8030. The summed E-state index contributed by atoms with van der Waals surface area (Å²) in [6.45, 7) is 21.2. The van der Waals surface area contributed by atoms with Gasteiger partial charge in [0.15, 0.2) is 0 Å². The average Bonchev–Trinajstić information content (AvgIpc) is 1.44. The minimum absolute atomic E-state index is 0. The first-order valence-corrected chi connectivity index (χ1v) is 58.8. The first kappa shape index (κ1) is 84.6. The Kier molecular flexibility index (Phi) is 24.2. The molecule has 0 aliphatic heterocycles. The van der Waals surface area contributed by atoms with E-state index in [1.54, 1.807) is 28.7 Å². The summed E-state index contributed by atoms with van der Waals surface area (Å²) in [7, 11) is 0. The molecular formula is C116H107FGe2Ir2N6O2-4. The largest absolute Gasteiger partial charge is 0 e. The van der Waals surface area contributed by atoms with Crippen molar-refractivity contribution < 1.29 is 60.3 Å². The standard InChI is InChI=1S/C43H33N2O.C35H22FN2O.C20H28GeN.C18H24GeN.2Ir/c1-25(2)35-24-28-13-6-8-15-30(28)39(26(3)4)41(35)45-37-19-10-9-18-36(37)44-43(45)34-17-11-16-33-40-32-21-20-27-12-5-7-14-29(27)31(32)22-23-38(40)46-42(33)34;1-20-16-24(36)17-21(2)33(20)38-31-13-6-5-12-30(31)37-35(38)27-11-7-10-26-29-19-28-23(18-32(29)39-34(26)27)15-14-22-8-3-4-9-25(22)28;1-15-8-10-16(11-9-15)19-12-17(13-20(2,3)4)18(14-22-19)21(5,6)7;1-14(2)11-16-12-18(15-9-7-6-8-10-15)20-13-17(16)19(3,4)5;;/h5-16,18-26H,1-4H3;3-10,12-19H,1-2H3;8-10,12,14H,13H2,1-7H3;6-9,12-14H,11H2,1-5H3;;/q4*-1;;/i;;1D3,13D2;;;. The second-order valence-corrected chi connectivity index (χ2v) is 59.0. The van der Waals surface area contributed by atoms with Crippen LogP contribution in [0.2, 0.25) is 34.5 Å². The van der Waals surface area contributed by atoms with Crippen LogP contribution in [0.3, 0.4) is 0 Å². The van der Waals surface area contributed by atoms with Gasteiger partial charge in [-0.05, 0) is 162 Å². The van der Waals surface area contributed by atoms with Gasteiger partial charge < -0.3 is 18.0 Å². The zero-order chi connectivity index (χ0) is 92.9. The summed E-state index contributed by atoms with van der Waals surface area (Å²) in [6.07, 6.45) is 3.57. The van der Waals surface area contributed by atoms with E-state index in [4.69, 9.17) is 30.6 Å². The van der Waals surface area contributed by atoms with E-state index in [0.29, 0.717) is 40.4 Å². The fourth-order valence-electron chi connectivity index (χ4n) is 18.4. The number of aromatic nitrogens is 6. The fraction of sp³-hybridized carbons (Fsp3) is 0.207. The van der Waals surface area contributed by atoms with Crippen LogP contribution in [0.5, 0.6) is 0 Å². The summed E-state index contributed by atoms with van der Waals surface area (Å²) in [6, 6.07) is 104. The molecule has 8 nitrogen and oxygen atoms in total. The van der Waals surface area contributed by atoms with Crippen molar-refractivity contribution in [2.24, 2.45) is 11.3 Å². The third kappa shape index (κ3) is 18.1. The van der Waals surface area contributed by atoms with Gasteiger partial charge in [-0.3, -0.25) is 9.97 Å². The van der Waals surface area contributed by atoms with Gasteiger partial charge in [-0.25, -0.2) is 4.39 Å². The molecule has 129 heavy (non-hydrogen) atoms. The maximum atomic E-state index is 14.3. The molecule has 0 unspecified atom stereocenters. The van der Waals surface area contributed by atoms with Crippen molar-refractivity contribution in [2.45, 2.75) is 142 Å². The normalized spacial score (nSPS) is 12.8. The molecule has 0 saturated carbocycles. The Morgan fingerprint density at radius 2 is 0.969 bits per heavy atom. The molecule has 0 amide bonds. The molecule has 0 saturated heterocycles. The molecule has 13 heteroatoms. The molecule has 21 rings (SSSR count). The minimum Gasteiger partial charge on any atom is 0 e. The number of furan rings is 2. The topological polar surface area (TPSA) is 87.7 Å². The van der Waals surface area contributed by atoms with E-state index in [1.807, 2.05) is 101 Å². The molecule has 0 atom stereocenters. The number of aryl methyl sites for hydroxylation is 3. The van der Waals surface area contributed by atoms with Gasteiger partial charge in [-0.2, -0.15) is 0 Å². The molecule has 0 N–H and O–H groups in total. The number of hydrogen-bond donors (Lipinski definition) is 0. The number of para-hydroxylation sites is 4. The Balaban J connectivity index is 0.000000135. The predicted octanol–water partition coefficient (Wildman–Crippen LogP) is 30.8. The minimum atomic E-state index is -2.36. The molecule has 2 radical (unpaired) electrons. The van der Waals surface area contributed by atoms with Gasteiger partial charge in [0.2, 0.25) is 0 Å². The summed E-state index contributed by atoms with van der Waals surface area (Å²) in [4.78, 5) is 19.7. The second-order valence-electron chi connectivity index (χ2n) is 37.8. The number of pyridine rings is 2. The van der Waals surface area contributed by atoms with Crippen LogP contribution in [-0.2, 0) is 53.0 Å². The van der Waals surface area contributed by atoms with Gasteiger partial charge >= 0.3 is 271 Å². The van der Waals surface area contributed by atoms with E-state index in [2.05, 4.69) is 297 Å². The van der Waals surface area contributed by atoms with Gasteiger partial charge in [0, 0.05) is 62.4 Å². The first-order valence-electron chi connectivity index (χ1n) is 46.6. The molecule has 0 aliphatic carbocycles. The monoisotopic (exact) mass is 2170 g/mol. The number of halogens is 1. The van der Waals surface area contributed by atoms with Gasteiger partial charge in [0.25, 0.3) is 0 Å². The quantitative estimate of drug-likeness (QED) is 0.0649. The van der Waals surface area contributed by atoms with Crippen molar-refractivity contribution in [1.82, 2.24) is 29.1 Å². The van der Waals surface area contributed by atoms with Crippen molar-refractivity contribution in [3.63, 3.8) is 0 Å². The summed E-state index contributed by atoms with van der Waals surface area (Å²) < 4.78 is 74.8. The van der Waals surface area contributed by atoms with Crippen LogP contribution in [0.15, 0.2) is 288 Å². The summed E-state index contributed by atoms with van der Waals surface area (Å²) >= 11 is -4.21. The molecule has 15 aromatic carbocycles. The molecule has 0 bridgehead atoms. The van der Waals surface area contributed by atoms with Crippen molar-refractivity contribution >= 4 is 155 Å². The maximum absolute atomic E-state index is 14.3. The number of rotatable bonds is 13. The first-order chi connectivity index (χ1) is 63.0. The number of imidazole rings is 2. The second kappa shape index (κ2) is 37.0. The Morgan fingerprint density at radius 1 is 0.450 bits per heavy atom. The van der Waals surface area contributed by atoms with Gasteiger partial charge in [-0.15, -0.1) is 36.4 Å². The summed E-state index contributed by atoms with van der Waals surface area (Å²) in [5.41, 5.74) is 20.5. The smallest absolute Gasteiger partial charge is 0 e. The molecule has 6 heterocycles. The Labute approximate surface area is 796 Å². The zero-order valence-corrected chi connectivity index (χ0v) is 85.0. The van der Waals surface area contributed by atoms with Crippen molar-refractivity contribution in [2.75, 3.05) is 0 Å². The van der Waals surface area contributed by atoms with Crippen LogP contribution < -0.4 is 8.79 Å². The molecule has 0 spiro atoms. The SMILES string of the molecule is CC(C)Cc1cc(-c2[c-]cccc2)nc[c]1[Ge]([CH3])([CH3])[CH3].CC(C)c1cc2ccccc2c(C(C)C)c1-n1c(-c2[c-]ccc3c2oc2ccc4c5ccccc5ccc4c23)nc2ccccc21.Cc1cc(F)cc(C)c1-n1c(-c2[c-]ccc3c2oc2cc4ccc5ccccc5c4cc23)nc2ccccc21.[2H]C([2H])([2H])c1c[c-]c(-c2cc(C([2H])([2H])C(C)(C)C)[c]([Ge]([CH3])([CH3])[CH3])cn2)cc1.[Ir].[Ir]. The number of benzene rings is 15. The van der Waals surface area contributed by atoms with Crippen molar-refractivity contribution in [1.29, 1.82) is 0 Å². The van der Waals surface area contributed by atoms with Gasteiger partial charge in [0.1, 0.15) is 17.0 Å². The van der Waals surface area contributed by atoms with Gasteiger partial charge in [-0.1, -0.05) is 177 Å².